The van der Waals surface area contributed by atoms with Crippen molar-refractivity contribution in [2.45, 2.75) is 124 Å². The van der Waals surface area contributed by atoms with Crippen LogP contribution in [0.3, 0.4) is 0 Å². The van der Waals surface area contributed by atoms with Gasteiger partial charge in [0.15, 0.2) is 0 Å². The number of unbranched alkanes of at least 4 members (excludes halogenated alkanes) is 13. The SMILES string of the molecule is CCCCCCCCCCCCCCCCC(CC)C1C(=O)OC(=O)C1C. The highest BCUT2D eigenvalue weighted by molar-refractivity contribution is 5.96. The topological polar surface area (TPSA) is 43.4 Å². The summed E-state index contributed by atoms with van der Waals surface area (Å²) in [5.74, 6) is -0.774. The fourth-order valence-corrected chi connectivity index (χ4v) is 4.45. The van der Waals surface area contributed by atoms with E-state index in [-0.39, 0.29) is 23.8 Å². The molecule has 1 aliphatic heterocycles. The lowest BCUT2D eigenvalue weighted by Crippen LogP contribution is -2.24. The van der Waals surface area contributed by atoms with Gasteiger partial charge in [0.2, 0.25) is 0 Å². The smallest absolute Gasteiger partial charge is 0.317 e. The van der Waals surface area contributed by atoms with Gasteiger partial charge in [-0.15, -0.1) is 0 Å². The van der Waals surface area contributed by atoms with E-state index in [4.69, 9.17) is 4.74 Å². The minimum absolute atomic E-state index is 0.204. The fourth-order valence-electron chi connectivity index (χ4n) is 4.45. The first-order valence-electron chi connectivity index (χ1n) is 11.9. The molecular weight excluding hydrogens is 336 g/mol. The average Bonchev–Trinajstić information content (AvgIpc) is 2.91. The summed E-state index contributed by atoms with van der Waals surface area (Å²) in [5.41, 5.74) is 0. The molecule has 0 amide bonds. The van der Waals surface area contributed by atoms with E-state index >= 15 is 0 Å². The van der Waals surface area contributed by atoms with Crippen molar-refractivity contribution in [3.8, 4) is 0 Å². The maximum absolute atomic E-state index is 11.9. The van der Waals surface area contributed by atoms with Crippen LogP contribution in [0.25, 0.3) is 0 Å². The van der Waals surface area contributed by atoms with Gasteiger partial charge >= 0.3 is 11.9 Å². The monoisotopic (exact) mass is 380 g/mol. The molecular formula is C24H44O3. The number of carbonyl (C=O) groups excluding carboxylic acids is 2. The lowest BCUT2D eigenvalue weighted by Gasteiger charge is -2.21. The standard InChI is InChI=1S/C24H44O3/c1-4-6-7-8-9-10-11-12-13-14-15-16-17-18-19-21(5-2)22-20(3)23(25)27-24(22)26/h20-22H,4-19H2,1-3H3. The molecule has 3 unspecified atom stereocenters. The van der Waals surface area contributed by atoms with Crippen LogP contribution in [0.2, 0.25) is 0 Å². The van der Waals surface area contributed by atoms with E-state index in [1.54, 1.807) is 0 Å². The maximum atomic E-state index is 11.9. The highest BCUT2D eigenvalue weighted by Crippen LogP contribution is 2.34. The predicted octanol–water partition coefficient (Wildman–Crippen LogP) is 7.22. The Bertz CT molecular complexity index is 404. The summed E-state index contributed by atoms with van der Waals surface area (Å²) in [7, 11) is 0. The Balaban J connectivity index is 1.95. The van der Waals surface area contributed by atoms with Crippen LogP contribution in [0.5, 0.6) is 0 Å². The van der Waals surface area contributed by atoms with Crippen molar-refractivity contribution in [1.29, 1.82) is 0 Å². The number of cyclic esters (lactones) is 2. The number of esters is 2. The minimum atomic E-state index is -0.329. The third-order valence-corrected chi connectivity index (χ3v) is 6.34. The number of rotatable bonds is 17. The molecule has 0 aromatic rings. The van der Waals surface area contributed by atoms with Gasteiger partial charge in [0.05, 0.1) is 11.8 Å². The molecule has 1 heterocycles. The molecule has 158 valence electrons. The van der Waals surface area contributed by atoms with Gasteiger partial charge in [-0.3, -0.25) is 9.59 Å². The minimum Gasteiger partial charge on any atom is -0.393 e. The molecule has 0 radical (unpaired) electrons. The first-order valence-corrected chi connectivity index (χ1v) is 11.9. The van der Waals surface area contributed by atoms with E-state index in [9.17, 15) is 9.59 Å². The van der Waals surface area contributed by atoms with Crippen molar-refractivity contribution < 1.29 is 14.3 Å². The second kappa shape index (κ2) is 15.1. The van der Waals surface area contributed by atoms with Crippen LogP contribution < -0.4 is 0 Å². The fraction of sp³-hybridized carbons (Fsp3) is 0.917. The summed E-state index contributed by atoms with van der Waals surface area (Å²) in [6.45, 7) is 6.24. The molecule has 1 rings (SSSR count). The predicted molar refractivity (Wildman–Crippen MR) is 112 cm³/mol. The summed E-state index contributed by atoms with van der Waals surface area (Å²) >= 11 is 0. The number of ether oxygens (including phenoxy) is 1. The molecule has 0 bridgehead atoms. The molecule has 0 N–H and O–H groups in total. The summed E-state index contributed by atoms with van der Waals surface area (Å²) in [6.07, 6.45) is 21.1. The van der Waals surface area contributed by atoms with Gasteiger partial charge in [0.1, 0.15) is 0 Å². The highest BCUT2D eigenvalue weighted by Gasteiger charge is 2.44. The van der Waals surface area contributed by atoms with Crippen molar-refractivity contribution in [3.05, 3.63) is 0 Å². The number of carbonyl (C=O) groups is 2. The molecule has 27 heavy (non-hydrogen) atoms. The molecule has 0 aliphatic carbocycles. The lowest BCUT2D eigenvalue weighted by molar-refractivity contribution is -0.154. The van der Waals surface area contributed by atoms with E-state index < -0.39 is 0 Å². The van der Waals surface area contributed by atoms with Crippen LogP contribution in [-0.4, -0.2) is 11.9 Å². The summed E-state index contributed by atoms with van der Waals surface area (Å²) < 4.78 is 4.82. The molecule has 0 saturated carbocycles. The largest absolute Gasteiger partial charge is 0.393 e. The zero-order valence-corrected chi connectivity index (χ0v) is 18.3. The van der Waals surface area contributed by atoms with E-state index in [0.717, 1.165) is 12.8 Å². The normalized spacial score (nSPS) is 20.9. The Hall–Kier alpha value is -0.860. The van der Waals surface area contributed by atoms with E-state index in [1.165, 1.54) is 89.9 Å². The van der Waals surface area contributed by atoms with Crippen LogP contribution in [0, 0.1) is 17.8 Å². The Morgan fingerprint density at radius 2 is 1.15 bits per heavy atom. The zero-order chi connectivity index (χ0) is 19.9. The van der Waals surface area contributed by atoms with E-state index in [2.05, 4.69) is 13.8 Å². The first-order chi connectivity index (χ1) is 13.1. The second-order valence-electron chi connectivity index (χ2n) is 8.61. The average molecular weight is 381 g/mol. The van der Waals surface area contributed by atoms with Gasteiger partial charge in [-0.05, 0) is 12.3 Å². The van der Waals surface area contributed by atoms with Crippen LogP contribution in [0.1, 0.15) is 124 Å². The van der Waals surface area contributed by atoms with Crippen LogP contribution in [-0.2, 0) is 14.3 Å². The van der Waals surface area contributed by atoms with Crippen molar-refractivity contribution >= 4 is 11.9 Å². The second-order valence-corrected chi connectivity index (χ2v) is 8.61. The zero-order valence-electron chi connectivity index (χ0n) is 18.3. The van der Waals surface area contributed by atoms with Crippen molar-refractivity contribution in [3.63, 3.8) is 0 Å². The molecule has 0 aromatic heterocycles. The summed E-state index contributed by atoms with van der Waals surface area (Å²) in [6, 6.07) is 0. The Morgan fingerprint density at radius 3 is 1.52 bits per heavy atom. The molecule has 0 spiro atoms. The Morgan fingerprint density at radius 1 is 0.704 bits per heavy atom. The lowest BCUT2D eigenvalue weighted by atomic mass is 9.79. The molecule has 1 saturated heterocycles. The number of hydrogen-bond donors (Lipinski definition) is 0. The Labute approximate surface area is 168 Å². The van der Waals surface area contributed by atoms with Gasteiger partial charge in [0.25, 0.3) is 0 Å². The molecule has 1 fully saturated rings. The summed E-state index contributed by atoms with van der Waals surface area (Å²) in [5, 5.41) is 0. The third-order valence-electron chi connectivity index (χ3n) is 6.34. The number of hydrogen-bond acceptors (Lipinski definition) is 3. The molecule has 0 aromatic carbocycles. The summed E-state index contributed by atoms with van der Waals surface area (Å²) in [4.78, 5) is 23.5. The molecule has 3 nitrogen and oxygen atoms in total. The van der Waals surface area contributed by atoms with Gasteiger partial charge in [-0.1, -0.05) is 117 Å². The van der Waals surface area contributed by atoms with Gasteiger partial charge in [-0.25, -0.2) is 0 Å². The van der Waals surface area contributed by atoms with Crippen molar-refractivity contribution in [2.75, 3.05) is 0 Å². The van der Waals surface area contributed by atoms with Crippen LogP contribution in [0.4, 0.5) is 0 Å². The first kappa shape index (κ1) is 24.2. The molecule has 1 aliphatic rings. The van der Waals surface area contributed by atoms with Crippen LogP contribution >= 0.6 is 0 Å². The molecule has 3 heteroatoms. The quantitative estimate of drug-likeness (QED) is 0.152. The molecule has 3 atom stereocenters. The third kappa shape index (κ3) is 9.76. The van der Waals surface area contributed by atoms with E-state index in [1.807, 2.05) is 6.92 Å². The highest BCUT2D eigenvalue weighted by atomic mass is 16.6. The van der Waals surface area contributed by atoms with Gasteiger partial charge in [0, 0.05) is 0 Å². The van der Waals surface area contributed by atoms with Crippen molar-refractivity contribution in [2.24, 2.45) is 17.8 Å². The van der Waals surface area contributed by atoms with Gasteiger partial charge in [-0.2, -0.15) is 0 Å². The van der Waals surface area contributed by atoms with E-state index in [0.29, 0.717) is 5.92 Å². The Kier molecular flexibility index (Phi) is 13.5. The van der Waals surface area contributed by atoms with Crippen molar-refractivity contribution in [1.82, 2.24) is 0 Å². The maximum Gasteiger partial charge on any atom is 0.317 e. The van der Waals surface area contributed by atoms with Gasteiger partial charge < -0.3 is 4.74 Å². The van der Waals surface area contributed by atoms with Crippen LogP contribution in [0.15, 0.2) is 0 Å².